The summed E-state index contributed by atoms with van der Waals surface area (Å²) in [5.74, 6) is -0.847. The lowest BCUT2D eigenvalue weighted by molar-refractivity contribution is 0.102. The van der Waals surface area contributed by atoms with Crippen LogP contribution in [0.2, 0.25) is 5.02 Å². The Hall–Kier alpha value is -3.16. The number of carbonyl (C=O) groups excluding carboxylic acids is 2. The van der Waals surface area contributed by atoms with Gasteiger partial charge in [-0.05, 0) is 30.3 Å². The number of hydrogen-bond donors (Lipinski definition) is 1. The lowest BCUT2D eigenvalue weighted by Gasteiger charge is -2.20. The third kappa shape index (κ3) is 4.69. The summed E-state index contributed by atoms with van der Waals surface area (Å²) in [6.07, 6.45) is 1.05. The molecule has 8 heteroatoms. The molecule has 1 amide bonds. The minimum atomic E-state index is -3.57. The van der Waals surface area contributed by atoms with Crippen molar-refractivity contribution in [1.82, 2.24) is 0 Å². The second-order valence-electron chi connectivity index (χ2n) is 6.59. The van der Waals surface area contributed by atoms with Crippen LogP contribution in [0.15, 0.2) is 72.8 Å². The first-order valence-corrected chi connectivity index (χ1v) is 11.1. The van der Waals surface area contributed by atoms with Crippen LogP contribution in [0.25, 0.3) is 0 Å². The number of nitrogens with zero attached hydrogens (tertiary/aromatic N) is 1. The Morgan fingerprint density at radius 2 is 1.53 bits per heavy atom. The number of carbonyl (C=O) groups is 2. The molecule has 0 aliphatic rings. The van der Waals surface area contributed by atoms with Gasteiger partial charge in [0.05, 0.1) is 23.2 Å². The van der Waals surface area contributed by atoms with Crippen LogP contribution in [0.1, 0.15) is 26.3 Å². The molecule has 0 spiro atoms. The first-order valence-electron chi connectivity index (χ1n) is 8.92. The van der Waals surface area contributed by atoms with E-state index in [2.05, 4.69) is 5.32 Å². The molecule has 30 heavy (non-hydrogen) atoms. The maximum absolute atomic E-state index is 13.0. The monoisotopic (exact) mass is 442 g/mol. The largest absolute Gasteiger partial charge is 0.321 e. The molecule has 3 rings (SSSR count). The van der Waals surface area contributed by atoms with Crippen LogP contribution >= 0.6 is 11.6 Å². The molecular weight excluding hydrogens is 424 g/mol. The minimum Gasteiger partial charge on any atom is -0.321 e. The van der Waals surface area contributed by atoms with Crippen LogP contribution in [0.5, 0.6) is 0 Å². The standard InChI is InChI=1S/C22H19ClN2O4S/c1-25(30(2,28)29)20-11-7-6-10-17(20)22(27)24-19-13-12-16(23)14-18(19)21(26)15-8-4-3-5-9-15/h3-14H,1-2H3,(H,24,27). The zero-order chi connectivity index (χ0) is 21.9. The number of amides is 1. The number of para-hydroxylation sites is 1. The number of anilines is 2. The molecule has 0 heterocycles. The summed E-state index contributed by atoms with van der Waals surface area (Å²) in [5, 5.41) is 3.06. The molecule has 0 atom stereocenters. The Balaban J connectivity index is 1.99. The van der Waals surface area contributed by atoms with Gasteiger partial charge < -0.3 is 5.32 Å². The van der Waals surface area contributed by atoms with E-state index in [1.165, 1.54) is 25.2 Å². The van der Waals surface area contributed by atoms with Gasteiger partial charge in [-0.2, -0.15) is 0 Å². The smallest absolute Gasteiger partial charge is 0.257 e. The van der Waals surface area contributed by atoms with Crippen LogP contribution in [-0.2, 0) is 10.0 Å². The van der Waals surface area contributed by atoms with Crippen LogP contribution in [0.4, 0.5) is 11.4 Å². The quantitative estimate of drug-likeness (QED) is 0.579. The van der Waals surface area contributed by atoms with Crippen molar-refractivity contribution in [3.63, 3.8) is 0 Å². The van der Waals surface area contributed by atoms with Crippen LogP contribution < -0.4 is 9.62 Å². The fourth-order valence-electron chi connectivity index (χ4n) is 2.87. The van der Waals surface area contributed by atoms with Crippen molar-refractivity contribution >= 4 is 44.7 Å². The SMILES string of the molecule is CN(c1ccccc1C(=O)Nc1ccc(Cl)cc1C(=O)c1ccccc1)S(C)(=O)=O. The number of halogens is 1. The summed E-state index contributed by atoms with van der Waals surface area (Å²) >= 11 is 6.08. The fourth-order valence-corrected chi connectivity index (χ4v) is 3.56. The Bertz CT molecular complexity index is 1210. The highest BCUT2D eigenvalue weighted by Crippen LogP contribution is 2.26. The fraction of sp³-hybridized carbons (Fsp3) is 0.0909. The summed E-state index contributed by atoms with van der Waals surface area (Å²) in [5.41, 5.74) is 1.33. The van der Waals surface area contributed by atoms with Crippen molar-refractivity contribution in [2.75, 3.05) is 22.9 Å². The third-order valence-corrected chi connectivity index (χ3v) is 5.92. The minimum absolute atomic E-state index is 0.151. The zero-order valence-electron chi connectivity index (χ0n) is 16.3. The Labute approximate surface area is 180 Å². The highest BCUT2D eigenvalue weighted by molar-refractivity contribution is 7.92. The number of nitrogens with one attached hydrogen (secondary N) is 1. The first kappa shape index (κ1) is 21.5. The van der Waals surface area contributed by atoms with Gasteiger partial charge in [-0.3, -0.25) is 13.9 Å². The van der Waals surface area contributed by atoms with Gasteiger partial charge in [-0.15, -0.1) is 0 Å². The van der Waals surface area contributed by atoms with E-state index in [0.717, 1.165) is 10.6 Å². The molecule has 6 nitrogen and oxygen atoms in total. The van der Waals surface area contributed by atoms with Crippen molar-refractivity contribution in [2.24, 2.45) is 0 Å². The van der Waals surface area contributed by atoms with Crippen LogP contribution in [0.3, 0.4) is 0 Å². The van der Waals surface area contributed by atoms with Gasteiger partial charge in [-0.25, -0.2) is 8.42 Å². The summed E-state index contributed by atoms with van der Waals surface area (Å²) in [6, 6.07) is 19.5. The van der Waals surface area contributed by atoms with E-state index in [4.69, 9.17) is 11.6 Å². The maximum Gasteiger partial charge on any atom is 0.257 e. The molecule has 0 saturated heterocycles. The van der Waals surface area contributed by atoms with Gasteiger partial charge in [0.25, 0.3) is 5.91 Å². The molecule has 0 radical (unpaired) electrons. The second-order valence-corrected chi connectivity index (χ2v) is 9.04. The number of ketones is 1. The van der Waals surface area contributed by atoms with Crippen molar-refractivity contribution in [3.05, 3.63) is 94.5 Å². The van der Waals surface area contributed by atoms with Crippen molar-refractivity contribution in [2.45, 2.75) is 0 Å². The van der Waals surface area contributed by atoms with Crippen molar-refractivity contribution < 1.29 is 18.0 Å². The summed E-state index contributed by atoms with van der Waals surface area (Å²) in [6.45, 7) is 0. The number of sulfonamides is 1. The van der Waals surface area contributed by atoms with E-state index in [1.54, 1.807) is 54.6 Å². The van der Waals surface area contributed by atoms with Gasteiger partial charge >= 0.3 is 0 Å². The van der Waals surface area contributed by atoms with Gasteiger partial charge in [0.1, 0.15) is 0 Å². The molecule has 1 N–H and O–H groups in total. The Kier molecular flexibility index (Phi) is 6.24. The number of benzene rings is 3. The van der Waals surface area contributed by atoms with Gasteiger partial charge in [0, 0.05) is 23.2 Å². The van der Waals surface area contributed by atoms with E-state index >= 15 is 0 Å². The van der Waals surface area contributed by atoms with E-state index in [9.17, 15) is 18.0 Å². The van der Waals surface area contributed by atoms with Crippen LogP contribution in [0, 0.1) is 0 Å². The summed E-state index contributed by atoms with van der Waals surface area (Å²) < 4.78 is 24.9. The molecule has 3 aromatic rings. The molecule has 0 aliphatic heterocycles. The van der Waals surface area contributed by atoms with E-state index < -0.39 is 15.9 Å². The van der Waals surface area contributed by atoms with E-state index in [0.29, 0.717) is 10.6 Å². The molecule has 0 aliphatic carbocycles. The molecule has 0 fully saturated rings. The molecule has 0 unspecified atom stereocenters. The van der Waals surface area contributed by atoms with E-state index in [-0.39, 0.29) is 28.3 Å². The lowest BCUT2D eigenvalue weighted by Crippen LogP contribution is -2.27. The predicted octanol–water partition coefficient (Wildman–Crippen LogP) is 4.22. The highest BCUT2D eigenvalue weighted by atomic mass is 35.5. The molecule has 154 valence electrons. The number of hydrogen-bond acceptors (Lipinski definition) is 4. The second kappa shape index (κ2) is 8.69. The Morgan fingerprint density at radius 1 is 0.900 bits per heavy atom. The lowest BCUT2D eigenvalue weighted by atomic mass is 10.0. The molecule has 0 bridgehead atoms. The molecule has 3 aromatic carbocycles. The third-order valence-electron chi connectivity index (χ3n) is 4.50. The topological polar surface area (TPSA) is 83.6 Å². The van der Waals surface area contributed by atoms with Gasteiger partial charge in [0.2, 0.25) is 10.0 Å². The Morgan fingerprint density at radius 3 is 2.20 bits per heavy atom. The van der Waals surface area contributed by atoms with Crippen molar-refractivity contribution in [1.29, 1.82) is 0 Å². The molecule has 0 saturated carbocycles. The van der Waals surface area contributed by atoms with Gasteiger partial charge in [-0.1, -0.05) is 54.1 Å². The van der Waals surface area contributed by atoms with Gasteiger partial charge in [0.15, 0.2) is 5.78 Å². The van der Waals surface area contributed by atoms with Crippen LogP contribution in [-0.4, -0.2) is 33.4 Å². The number of rotatable bonds is 6. The predicted molar refractivity (Wildman–Crippen MR) is 119 cm³/mol. The zero-order valence-corrected chi connectivity index (χ0v) is 17.9. The molecule has 0 aromatic heterocycles. The molecular formula is C22H19ClN2O4S. The normalized spacial score (nSPS) is 11.0. The highest BCUT2D eigenvalue weighted by Gasteiger charge is 2.21. The average Bonchev–Trinajstić information content (AvgIpc) is 2.73. The summed E-state index contributed by atoms with van der Waals surface area (Å²) in [4.78, 5) is 25.9. The van der Waals surface area contributed by atoms with E-state index in [1.807, 2.05) is 0 Å². The first-order chi connectivity index (χ1) is 14.2. The maximum atomic E-state index is 13.0. The summed E-state index contributed by atoms with van der Waals surface area (Å²) in [7, 11) is -2.20. The van der Waals surface area contributed by atoms with Crippen molar-refractivity contribution in [3.8, 4) is 0 Å². The average molecular weight is 443 g/mol.